The maximum Gasteiger partial charge on any atom is 0.193 e. The van der Waals surface area contributed by atoms with Gasteiger partial charge in [0.25, 0.3) is 0 Å². The van der Waals surface area contributed by atoms with Crippen molar-refractivity contribution in [2.45, 2.75) is 43.9 Å². The van der Waals surface area contributed by atoms with Gasteiger partial charge in [-0.05, 0) is 45.7 Å². The van der Waals surface area contributed by atoms with Crippen molar-refractivity contribution in [2.24, 2.45) is 10.9 Å². The molecule has 0 aromatic rings. The van der Waals surface area contributed by atoms with Crippen molar-refractivity contribution in [2.75, 3.05) is 54.0 Å². The van der Waals surface area contributed by atoms with Crippen molar-refractivity contribution < 1.29 is 9.47 Å². The zero-order valence-electron chi connectivity index (χ0n) is 14.8. The summed E-state index contributed by atoms with van der Waals surface area (Å²) in [7, 11) is 6.23. The second-order valence-electron chi connectivity index (χ2n) is 7.20. The van der Waals surface area contributed by atoms with Crippen LogP contribution in [-0.4, -0.2) is 88.0 Å². The minimum Gasteiger partial charge on any atom is -0.375 e. The van der Waals surface area contributed by atoms with E-state index < -0.39 is 0 Å². The lowest BCUT2D eigenvalue weighted by Gasteiger charge is -2.37. The first kappa shape index (κ1) is 17.0. The molecule has 3 aliphatic rings. The van der Waals surface area contributed by atoms with E-state index in [2.05, 4.69) is 34.2 Å². The number of ether oxygens (including phenoxy) is 2. The van der Waals surface area contributed by atoms with E-state index in [1.54, 1.807) is 0 Å². The Labute approximate surface area is 140 Å². The second-order valence-corrected chi connectivity index (χ2v) is 7.20. The molecule has 1 N–H and O–H groups in total. The molecule has 0 radical (unpaired) electrons. The van der Waals surface area contributed by atoms with Crippen LogP contribution in [0.3, 0.4) is 0 Å². The van der Waals surface area contributed by atoms with Crippen LogP contribution in [0.15, 0.2) is 4.99 Å². The number of aliphatic imine (C=N–C) groups is 1. The van der Waals surface area contributed by atoms with E-state index in [4.69, 9.17) is 9.47 Å². The first-order chi connectivity index (χ1) is 11.2. The van der Waals surface area contributed by atoms with Crippen LogP contribution in [0.2, 0.25) is 0 Å². The van der Waals surface area contributed by atoms with Crippen LogP contribution < -0.4 is 5.32 Å². The number of likely N-dealkylation sites (N-methyl/N-ethyl adjacent to an activating group) is 1. The third-order valence-corrected chi connectivity index (χ3v) is 5.28. The largest absolute Gasteiger partial charge is 0.375 e. The molecule has 2 saturated heterocycles. The van der Waals surface area contributed by atoms with Crippen molar-refractivity contribution in [3.63, 3.8) is 0 Å². The Bertz CT molecular complexity index is 403. The fourth-order valence-corrected chi connectivity index (χ4v) is 3.77. The Hall–Kier alpha value is -0.850. The highest BCUT2D eigenvalue weighted by Crippen LogP contribution is 2.34. The molecule has 2 heterocycles. The molecule has 3 unspecified atom stereocenters. The van der Waals surface area contributed by atoms with Gasteiger partial charge in [0.1, 0.15) is 6.10 Å². The summed E-state index contributed by atoms with van der Waals surface area (Å²) in [6.45, 7) is 4.38. The number of guanidine groups is 1. The van der Waals surface area contributed by atoms with Crippen molar-refractivity contribution in [1.29, 1.82) is 0 Å². The van der Waals surface area contributed by atoms with Gasteiger partial charge in [0.2, 0.25) is 0 Å². The van der Waals surface area contributed by atoms with Crippen molar-refractivity contribution >= 4 is 5.96 Å². The highest BCUT2D eigenvalue weighted by molar-refractivity contribution is 5.80. The average molecular weight is 324 g/mol. The molecule has 3 atom stereocenters. The summed E-state index contributed by atoms with van der Waals surface area (Å²) in [4.78, 5) is 9.17. The lowest BCUT2D eigenvalue weighted by atomic mass is 10.1. The summed E-state index contributed by atoms with van der Waals surface area (Å²) in [5.74, 6) is 1.85. The SMILES string of the molecule is CN=C(NCC(C1CC1)N(C)C)N1CCOC(C2CCCO2)C1. The molecule has 0 aromatic heterocycles. The van der Waals surface area contributed by atoms with Crippen LogP contribution in [-0.2, 0) is 9.47 Å². The van der Waals surface area contributed by atoms with Gasteiger partial charge in [-0.2, -0.15) is 0 Å². The lowest BCUT2D eigenvalue weighted by molar-refractivity contribution is -0.0817. The van der Waals surface area contributed by atoms with E-state index >= 15 is 0 Å². The minimum atomic E-state index is 0.179. The normalized spacial score (nSPS) is 30.8. The van der Waals surface area contributed by atoms with E-state index in [1.165, 1.54) is 12.8 Å². The van der Waals surface area contributed by atoms with Gasteiger partial charge in [0, 0.05) is 39.3 Å². The molecule has 0 spiro atoms. The van der Waals surface area contributed by atoms with Crippen LogP contribution in [0, 0.1) is 5.92 Å². The summed E-state index contributed by atoms with van der Waals surface area (Å²) in [5, 5.41) is 3.59. The van der Waals surface area contributed by atoms with Crippen molar-refractivity contribution in [3.8, 4) is 0 Å². The zero-order valence-corrected chi connectivity index (χ0v) is 14.8. The standard InChI is InChI=1S/C17H32N4O2/c1-18-17(19-11-14(20(2)3)13-6-7-13)21-8-10-23-16(12-21)15-5-4-9-22-15/h13-16H,4-12H2,1-3H3,(H,18,19). The summed E-state index contributed by atoms with van der Waals surface area (Å²) in [6, 6.07) is 0.599. The second kappa shape index (κ2) is 7.81. The van der Waals surface area contributed by atoms with Crippen LogP contribution >= 0.6 is 0 Å². The number of nitrogens with one attached hydrogen (secondary N) is 1. The van der Waals surface area contributed by atoms with Crippen molar-refractivity contribution in [1.82, 2.24) is 15.1 Å². The van der Waals surface area contributed by atoms with Gasteiger partial charge in [-0.25, -0.2) is 0 Å². The molecule has 23 heavy (non-hydrogen) atoms. The first-order valence-corrected chi connectivity index (χ1v) is 9.04. The number of nitrogens with zero attached hydrogens (tertiary/aromatic N) is 3. The quantitative estimate of drug-likeness (QED) is 0.598. The van der Waals surface area contributed by atoms with E-state index in [0.717, 1.165) is 57.6 Å². The maximum absolute atomic E-state index is 5.94. The maximum atomic E-state index is 5.94. The van der Waals surface area contributed by atoms with Crippen LogP contribution in [0.4, 0.5) is 0 Å². The third kappa shape index (κ3) is 4.37. The van der Waals surface area contributed by atoms with E-state index in [-0.39, 0.29) is 12.2 Å². The molecule has 6 heteroatoms. The zero-order chi connectivity index (χ0) is 16.2. The van der Waals surface area contributed by atoms with E-state index in [0.29, 0.717) is 6.04 Å². The Morgan fingerprint density at radius 2 is 2.00 bits per heavy atom. The summed E-state index contributed by atoms with van der Waals surface area (Å²) in [5.41, 5.74) is 0. The average Bonchev–Trinajstić information content (AvgIpc) is 3.23. The third-order valence-electron chi connectivity index (χ3n) is 5.28. The molecule has 0 bridgehead atoms. The van der Waals surface area contributed by atoms with E-state index in [1.807, 2.05) is 7.05 Å². The summed E-state index contributed by atoms with van der Waals surface area (Å²) < 4.78 is 11.7. The molecule has 0 amide bonds. The molecule has 2 aliphatic heterocycles. The fraction of sp³-hybridized carbons (Fsp3) is 0.941. The van der Waals surface area contributed by atoms with Gasteiger partial charge < -0.3 is 24.6 Å². The number of rotatable bonds is 5. The van der Waals surface area contributed by atoms with Gasteiger partial charge in [-0.3, -0.25) is 4.99 Å². The Morgan fingerprint density at radius 1 is 1.22 bits per heavy atom. The summed E-state index contributed by atoms with van der Waals surface area (Å²) >= 11 is 0. The molecular formula is C17H32N4O2. The summed E-state index contributed by atoms with van der Waals surface area (Å²) in [6.07, 6.45) is 5.44. The highest BCUT2D eigenvalue weighted by atomic mass is 16.5. The molecule has 3 rings (SSSR count). The molecule has 0 aromatic carbocycles. The Morgan fingerprint density at radius 3 is 2.61 bits per heavy atom. The van der Waals surface area contributed by atoms with Gasteiger partial charge in [-0.15, -0.1) is 0 Å². The monoisotopic (exact) mass is 324 g/mol. The topological polar surface area (TPSA) is 49.3 Å². The van der Waals surface area contributed by atoms with Gasteiger partial charge in [0.15, 0.2) is 5.96 Å². The van der Waals surface area contributed by atoms with Crippen molar-refractivity contribution in [3.05, 3.63) is 0 Å². The fourth-order valence-electron chi connectivity index (χ4n) is 3.77. The van der Waals surface area contributed by atoms with E-state index in [9.17, 15) is 0 Å². The number of hydrogen-bond donors (Lipinski definition) is 1. The molecule has 6 nitrogen and oxygen atoms in total. The smallest absolute Gasteiger partial charge is 0.193 e. The number of morpholine rings is 1. The molecule has 1 aliphatic carbocycles. The van der Waals surface area contributed by atoms with Crippen LogP contribution in [0.1, 0.15) is 25.7 Å². The highest BCUT2D eigenvalue weighted by Gasteiger charge is 2.34. The van der Waals surface area contributed by atoms with Gasteiger partial charge >= 0.3 is 0 Å². The van der Waals surface area contributed by atoms with Gasteiger partial charge in [0.05, 0.1) is 12.7 Å². The number of hydrogen-bond acceptors (Lipinski definition) is 4. The van der Waals surface area contributed by atoms with Gasteiger partial charge in [-0.1, -0.05) is 0 Å². The predicted molar refractivity (Wildman–Crippen MR) is 91.8 cm³/mol. The molecular weight excluding hydrogens is 292 g/mol. The van der Waals surface area contributed by atoms with Crippen LogP contribution in [0.5, 0.6) is 0 Å². The van der Waals surface area contributed by atoms with Crippen LogP contribution in [0.25, 0.3) is 0 Å². The Kier molecular flexibility index (Phi) is 5.77. The minimum absolute atomic E-state index is 0.179. The Balaban J connectivity index is 1.52. The molecule has 3 fully saturated rings. The molecule has 132 valence electrons. The first-order valence-electron chi connectivity index (χ1n) is 9.04. The predicted octanol–water partition coefficient (Wildman–Crippen LogP) is 0.782. The lowest BCUT2D eigenvalue weighted by Crippen LogP contribution is -2.55. The molecule has 1 saturated carbocycles.